The minimum Gasteiger partial charge on any atom is -0.489 e. The summed E-state index contributed by atoms with van der Waals surface area (Å²) in [6, 6.07) is 8.69. The van der Waals surface area contributed by atoms with Gasteiger partial charge in [-0.3, -0.25) is 19.3 Å². The largest absolute Gasteiger partial charge is 0.489 e. The van der Waals surface area contributed by atoms with Crippen molar-refractivity contribution in [2.45, 2.75) is 12.6 Å². The van der Waals surface area contributed by atoms with Gasteiger partial charge in [-0.1, -0.05) is 12.1 Å². The molecule has 1 aliphatic rings. The van der Waals surface area contributed by atoms with E-state index in [0.717, 1.165) is 0 Å². The Morgan fingerprint density at radius 1 is 1.15 bits per heavy atom. The van der Waals surface area contributed by atoms with E-state index in [0.29, 0.717) is 16.2 Å². The minimum atomic E-state index is -1.43. The zero-order valence-electron chi connectivity index (χ0n) is 13.5. The Kier molecular flexibility index (Phi) is 4.68. The van der Waals surface area contributed by atoms with Gasteiger partial charge in [0.05, 0.1) is 17.7 Å². The first-order chi connectivity index (χ1) is 12.4. The van der Waals surface area contributed by atoms with Crippen molar-refractivity contribution in [1.82, 2.24) is 4.90 Å². The normalized spacial score (nSPS) is 14.3. The molecule has 0 saturated heterocycles. The molecule has 0 aliphatic carbocycles. The Morgan fingerprint density at radius 2 is 1.88 bits per heavy atom. The molecule has 3 N–H and O–H groups in total. The first-order valence-electron chi connectivity index (χ1n) is 7.71. The maximum Gasteiger partial charge on any atom is 0.262 e. The Bertz CT molecular complexity index is 899. The fraction of sp³-hybridized carbons (Fsp3) is 0.167. The molecule has 8 heteroatoms. The highest BCUT2D eigenvalue weighted by atomic mass is 19.1. The predicted octanol–water partition coefficient (Wildman–Crippen LogP) is 0.847. The topological polar surface area (TPSA) is 110 Å². The van der Waals surface area contributed by atoms with Gasteiger partial charge in [-0.25, -0.2) is 4.39 Å². The molecule has 1 aliphatic heterocycles. The molecule has 0 aromatic heterocycles. The molecule has 1 heterocycles. The number of carbonyl (C=O) groups excluding carboxylic acids is 3. The Hall–Kier alpha value is -3.26. The number of nitrogens with zero attached hydrogens (tertiary/aromatic N) is 1. The van der Waals surface area contributed by atoms with Crippen LogP contribution in [-0.4, -0.2) is 40.4 Å². The highest BCUT2D eigenvalue weighted by molar-refractivity contribution is 6.23. The zero-order valence-corrected chi connectivity index (χ0v) is 13.5. The molecule has 0 fully saturated rings. The lowest BCUT2D eigenvalue weighted by Gasteiger charge is -2.20. The van der Waals surface area contributed by atoms with Gasteiger partial charge in [0, 0.05) is 0 Å². The fourth-order valence-corrected chi connectivity index (χ4v) is 2.70. The third-order valence-electron chi connectivity index (χ3n) is 4.00. The van der Waals surface area contributed by atoms with Crippen LogP contribution in [0.5, 0.6) is 5.75 Å². The molecule has 1 unspecified atom stereocenters. The lowest BCUT2D eigenvalue weighted by atomic mass is 10.1. The number of benzene rings is 2. The van der Waals surface area contributed by atoms with Gasteiger partial charge >= 0.3 is 0 Å². The van der Waals surface area contributed by atoms with Crippen molar-refractivity contribution >= 4 is 17.7 Å². The van der Waals surface area contributed by atoms with Crippen molar-refractivity contribution in [2.75, 3.05) is 6.61 Å². The van der Waals surface area contributed by atoms with Crippen LogP contribution in [0.1, 0.15) is 26.3 Å². The molecule has 2 aromatic rings. The van der Waals surface area contributed by atoms with Crippen LogP contribution in [0.3, 0.4) is 0 Å². The molecule has 0 bridgehead atoms. The van der Waals surface area contributed by atoms with E-state index < -0.39 is 36.2 Å². The second-order valence-electron chi connectivity index (χ2n) is 5.71. The third kappa shape index (κ3) is 3.14. The molecule has 134 valence electrons. The van der Waals surface area contributed by atoms with Crippen LogP contribution in [0.25, 0.3) is 0 Å². The minimum absolute atomic E-state index is 0.0476. The van der Waals surface area contributed by atoms with Crippen LogP contribution < -0.4 is 10.5 Å². The van der Waals surface area contributed by atoms with Crippen LogP contribution in [0.15, 0.2) is 42.5 Å². The average molecular weight is 358 g/mol. The van der Waals surface area contributed by atoms with E-state index in [1.165, 1.54) is 30.3 Å². The van der Waals surface area contributed by atoms with E-state index in [2.05, 4.69) is 0 Å². The highest BCUT2D eigenvalue weighted by Crippen LogP contribution is 2.28. The van der Waals surface area contributed by atoms with Crippen molar-refractivity contribution in [3.8, 4) is 5.75 Å². The number of halogens is 1. The molecular weight excluding hydrogens is 343 g/mol. The summed E-state index contributed by atoms with van der Waals surface area (Å²) in [5.74, 6) is -2.52. The molecule has 3 amide bonds. The molecule has 1 atom stereocenters. The maximum absolute atomic E-state index is 13.2. The van der Waals surface area contributed by atoms with Crippen LogP contribution >= 0.6 is 0 Å². The van der Waals surface area contributed by atoms with E-state index in [-0.39, 0.29) is 17.7 Å². The predicted molar refractivity (Wildman–Crippen MR) is 87.7 cm³/mol. The Morgan fingerprint density at radius 3 is 2.54 bits per heavy atom. The number of amides is 3. The van der Waals surface area contributed by atoms with E-state index in [4.69, 9.17) is 10.5 Å². The summed E-state index contributed by atoms with van der Waals surface area (Å²) in [5, 5.41) is 9.26. The smallest absolute Gasteiger partial charge is 0.262 e. The van der Waals surface area contributed by atoms with Crippen LogP contribution in [0, 0.1) is 5.82 Å². The molecule has 2 aromatic carbocycles. The van der Waals surface area contributed by atoms with Crippen molar-refractivity contribution < 1.29 is 28.6 Å². The molecule has 0 radical (unpaired) electrons. The standard InChI is InChI=1S/C18H15FN2O5/c19-11-3-1-2-10(6-11)9-26-12-4-5-13-14(7-12)18(25)21(17(13)24)15(8-22)16(20)23/h1-7,15,22H,8-9H2,(H2,20,23). The van der Waals surface area contributed by atoms with Gasteiger partial charge in [0.15, 0.2) is 0 Å². The van der Waals surface area contributed by atoms with E-state index in [9.17, 15) is 23.9 Å². The highest BCUT2D eigenvalue weighted by Gasteiger charge is 2.42. The van der Waals surface area contributed by atoms with Crippen LogP contribution in [-0.2, 0) is 11.4 Å². The number of ether oxygens (including phenoxy) is 1. The number of aliphatic hydroxyl groups excluding tert-OH is 1. The fourth-order valence-electron chi connectivity index (χ4n) is 2.70. The Balaban J connectivity index is 1.82. The summed E-state index contributed by atoms with van der Waals surface area (Å²) in [4.78, 5) is 36.8. The van der Waals surface area contributed by atoms with E-state index in [1.807, 2.05) is 0 Å². The van der Waals surface area contributed by atoms with Crippen molar-refractivity contribution in [1.29, 1.82) is 0 Å². The molecular formula is C18H15FN2O5. The van der Waals surface area contributed by atoms with E-state index in [1.54, 1.807) is 12.1 Å². The lowest BCUT2D eigenvalue weighted by Crippen LogP contribution is -2.49. The van der Waals surface area contributed by atoms with Gasteiger partial charge in [-0.05, 0) is 35.9 Å². The summed E-state index contributed by atoms with van der Waals surface area (Å²) < 4.78 is 18.7. The number of hydrogen-bond donors (Lipinski definition) is 2. The number of primary amides is 1. The summed E-state index contributed by atoms with van der Waals surface area (Å²) in [5.41, 5.74) is 5.88. The molecule has 0 saturated carbocycles. The summed E-state index contributed by atoms with van der Waals surface area (Å²) >= 11 is 0. The molecule has 3 rings (SSSR count). The second kappa shape index (κ2) is 6.93. The number of carbonyl (C=O) groups is 3. The molecule has 26 heavy (non-hydrogen) atoms. The lowest BCUT2D eigenvalue weighted by molar-refractivity contribution is -0.122. The maximum atomic E-state index is 13.2. The number of hydrogen-bond acceptors (Lipinski definition) is 5. The van der Waals surface area contributed by atoms with Gasteiger partial charge < -0.3 is 15.6 Å². The number of nitrogens with two attached hydrogens (primary N) is 1. The summed E-state index contributed by atoms with van der Waals surface area (Å²) in [7, 11) is 0. The quantitative estimate of drug-likeness (QED) is 0.744. The zero-order chi connectivity index (χ0) is 18.8. The van der Waals surface area contributed by atoms with Crippen molar-refractivity contribution in [3.05, 3.63) is 65.0 Å². The van der Waals surface area contributed by atoms with Gasteiger partial charge in [-0.15, -0.1) is 0 Å². The second-order valence-corrected chi connectivity index (χ2v) is 5.71. The summed E-state index contributed by atoms with van der Waals surface area (Å²) in [6.45, 7) is -0.688. The Labute approximate surface area is 147 Å². The van der Waals surface area contributed by atoms with Crippen LogP contribution in [0.4, 0.5) is 4.39 Å². The number of rotatable bonds is 6. The van der Waals surface area contributed by atoms with Crippen LogP contribution in [0.2, 0.25) is 0 Å². The SMILES string of the molecule is NC(=O)C(CO)N1C(=O)c2ccc(OCc3cccc(F)c3)cc2C1=O. The number of fused-ring (bicyclic) bond motifs is 1. The van der Waals surface area contributed by atoms with Gasteiger partial charge in [0.25, 0.3) is 11.8 Å². The molecule has 0 spiro atoms. The summed E-state index contributed by atoms with van der Waals surface area (Å²) in [6.07, 6.45) is 0. The monoisotopic (exact) mass is 358 g/mol. The number of imide groups is 1. The van der Waals surface area contributed by atoms with Gasteiger partial charge in [0.1, 0.15) is 24.2 Å². The number of aliphatic hydroxyl groups is 1. The van der Waals surface area contributed by atoms with Crippen molar-refractivity contribution in [2.24, 2.45) is 5.73 Å². The third-order valence-corrected chi connectivity index (χ3v) is 4.00. The van der Waals surface area contributed by atoms with Crippen molar-refractivity contribution in [3.63, 3.8) is 0 Å². The first-order valence-corrected chi connectivity index (χ1v) is 7.71. The average Bonchev–Trinajstić information content (AvgIpc) is 2.85. The van der Waals surface area contributed by atoms with E-state index >= 15 is 0 Å². The first kappa shape index (κ1) is 17.6. The molecule has 7 nitrogen and oxygen atoms in total. The van der Waals surface area contributed by atoms with Gasteiger partial charge in [-0.2, -0.15) is 0 Å². The van der Waals surface area contributed by atoms with Gasteiger partial charge in [0.2, 0.25) is 5.91 Å².